The van der Waals surface area contributed by atoms with E-state index in [2.05, 4.69) is 0 Å². The fourth-order valence-corrected chi connectivity index (χ4v) is 2.35. The minimum atomic E-state index is -0.156. The highest BCUT2D eigenvalue weighted by Gasteiger charge is 2.14. The molecule has 104 valence electrons. The maximum absolute atomic E-state index is 12.3. The van der Waals surface area contributed by atoms with Gasteiger partial charge in [0.2, 0.25) is 0 Å². The predicted octanol–water partition coefficient (Wildman–Crippen LogP) is 3.92. The standard InChI is InChI=1S/C15H13ClINO2/c1-18(9-11-4-2-3-5-12(11)16)15(20)10-6-7-13(17)14(19)8-10/h2-8,19H,9H2,1H3. The van der Waals surface area contributed by atoms with Gasteiger partial charge in [-0.1, -0.05) is 29.8 Å². The first-order valence-corrected chi connectivity index (χ1v) is 7.42. The molecule has 0 aromatic heterocycles. The van der Waals surface area contributed by atoms with E-state index >= 15 is 0 Å². The topological polar surface area (TPSA) is 40.5 Å². The van der Waals surface area contributed by atoms with Gasteiger partial charge >= 0.3 is 0 Å². The fraction of sp³-hybridized carbons (Fsp3) is 0.133. The van der Waals surface area contributed by atoms with E-state index < -0.39 is 0 Å². The number of aromatic hydroxyl groups is 1. The van der Waals surface area contributed by atoms with Gasteiger partial charge < -0.3 is 10.0 Å². The lowest BCUT2D eigenvalue weighted by Gasteiger charge is -2.18. The number of phenolic OH excluding ortho intramolecular Hbond substituents is 1. The molecule has 0 unspecified atom stereocenters. The molecule has 3 nitrogen and oxygen atoms in total. The van der Waals surface area contributed by atoms with Crippen LogP contribution in [-0.4, -0.2) is 23.0 Å². The summed E-state index contributed by atoms with van der Waals surface area (Å²) in [6.45, 7) is 0.422. The molecule has 0 fully saturated rings. The molecule has 0 aliphatic rings. The van der Waals surface area contributed by atoms with Crippen LogP contribution in [0.5, 0.6) is 5.75 Å². The molecule has 0 atom stereocenters. The molecule has 2 rings (SSSR count). The van der Waals surface area contributed by atoms with E-state index in [0.29, 0.717) is 20.7 Å². The van der Waals surface area contributed by atoms with Crippen molar-refractivity contribution in [2.45, 2.75) is 6.54 Å². The van der Waals surface area contributed by atoms with Crippen LogP contribution in [0.15, 0.2) is 42.5 Å². The average Bonchev–Trinajstić information content (AvgIpc) is 2.43. The largest absolute Gasteiger partial charge is 0.507 e. The number of phenols is 1. The molecule has 0 saturated heterocycles. The van der Waals surface area contributed by atoms with E-state index in [1.807, 2.05) is 40.8 Å². The van der Waals surface area contributed by atoms with Crippen molar-refractivity contribution in [2.75, 3.05) is 7.05 Å². The summed E-state index contributed by atoms with van der Waals surface area (Å²) in [6.07, 6.45) is 0. The van der Waals surface area contributed by atoms with Crippen molar-refractivity contribution in [3.63, 3.8) is 0 Å². The Kier molecular flexibility index (Phi) is 4.88. The van der Waals surface area contributed by atoms with Gasteiger partial charge in [0.25, 0.3) is 5.91 Å². The van der Waals surface area contributed by atoms with Crippen LogP contribution in [0.25, 0.3) is 0 Å². The second-order valence-electron chi connectivity index (χ2n) is 4.42. The number of rotatable bonds is 3. The Morgan fingerprint density at radius 3 is 2.65 bits per heavy atom. The molecule has 0 aliphatic carbocycles. The number of carbonyl (C=O) groups excluding carboxylic acids is 1. The van der Waals surface area contributed by atoms with Crippen molar-refractivity contribution in [2.24, 2.45) is 0 Å². The number of halogens is 2. The Hall–Kier alpha value is -1.27. The third-order valence-electron chi connectivity index (χ3n) is 2.91. The van der Waals surface area contributed by atoms with E-state index in [-0.39, 0.29) is 11.7 Å². The lowest BCUT2D eigenvalue weighted by Crippen LogP contribution is -2.26. The molecule has 0 radical (unpaired) electrons. The third-order valence-corrected chi connectivity index (χ3v) is 4.19. The summed E-state index contributed by atoms with van der Waals surface area (Å²) in [7, 11) is 1.71. The normalized spacial score (nSPS) is 10.3. The first-order chi connectivity index (χ1) is 9.49. The lowest BCUT2D eigenvalue weighted by atomic mass is 10.1. The Bertz CT molecular complexity index is 646. The van der Waals surface area contributed by atoms with Gasteiger partial charge in [0.15, 0.2) is 0 Å². The van der Waals surface area contributed by atoms with Crippen LogP contribution in [0.3, 0.4) is 0 Å². The van der Waals surface area contributed by atoms with Crippen LogP contribution in [0, 0.1) is 3.57 Å². The maximum Gasteiger partial charge on any atom is 0.254 e. The molecule has 5 heteroatoms. The van der Waals surface area contributed by atoms with Crippen LogP contribution in [-0.2, 0) is 6.54 Å². The van der Waals surface area contributed by atoms with Gasteiger partial charge in [-0.25, -0.2) is 0 Å². The summed E-state index contributed by atoms with van der Waals surface area (Å²) in [5, 5.41) is 10.3. The third kappa shape index (κ3) is 3.43. The van der Waals surface area contributed by atoms with Gasteiger partial charge in [-0.3, -0.25) is 4.79 Å². The minimum Gasteiger partial charge on any atom is -0.507 e. The number of amides is 1. The van der Waals surface area contributed by atoms with Crippen molar-refractivity contribution >= 4 is 40.1 Å². The summed E-state index contributed by atoms with van der Waals surface area (Å²) < 4.78 is 0.716. The molecule has 0 aliphatic heterocycles. The van der Waals surface area contributed by atoms with Crippen molar-refractivity contribution in [1.29, 1.82) is 0 Å². The molecule has 0 bridgehead atoms. The molecule has 0 spiro atoms. The Balaban J connectivity index is 2.16. The number of hydrogen-bond donors (Lipinski definition) is 1. The first-order valence-electron chi connectivity index (χ1n) is 5.96. The highest BCUT2D eigenvalue weighted by Crippen LogP contribution is 2.22. The molecule has 2 aromatic rings. The fourth-order valence-electron chi connectivity index (χ4n) is 1.82. The molecular formula is C15H13ClINO2. The minimum absolute atomic E-state index is 0.114. The van der Waals surface area contributed by atoms with Crippen LogP contribution in [0.2, 0.25) is 5.02 Å². The monoisotopic (exact) mass is 401 g/mol. The summed E-state index contributed by atoms with van der Waals surface area (Å²) in [6, 6.07) is 12.3. The van der Waals surface area contributed by atoms with Crippen molar-refractivity contribution in [3.05, 3.63) is 62.2 Å². The number of nitrogens with zero attached hydrogens (tertiary/aromatic N) is 1. The van der Waals surface area contributed by atoms with Crippen molar-refractivity contribution < 1.29 is 9.90 Å². The highest BCUT2D eigenvalue weighted by molar-refractivity contribution is 14.1. The summed E-state index contributed by atoms with van der Waals surface area (Å²) in [5.41, 5.74) is 1.34. The first kappa shape index (κ1) is 15.1. The predicted molar refractivity (Wildman–Crippen MR) is 88.1 cm³/mol. The Morgan fingerprint density at radius 2 is 2.00 bits per heavy atom. The second-order valence-corrected chi connectivity index (χ2v) is 5.99. The Labute approximate surface area is 136 Å². The van der Waals surface area contributed by atoms with E-state index in [0.717, 1.165) is 5.56 Å². The van der Waals surface area contributed by atoms with Gasteiger partial charge in [-0.05, 0) is 52.4 Å². The number of benzene rings is 2. The highest BCUT2D eigenvalue weighted by atomic mass is 127. The number of carbonyl (C=O) groups is 1. The van der Waals surface area contributed by atoms with E-state index in [1.165, 1.54) is 6.07 Å². The van der Waals surface area contributed by atoms with E-state index in [4.69, 9.17) is 11.6 Å². The lowest BCUT2D eigenvalue weighted by molar-refractivity contribution is 0.0784. The molecule has 1 amide bonds. The van der Waals surface area contributed by atoms with Crippen LogP contribution < -0.4 is 0 Å². The Morgan fingerprint density at radius 1 is 1.30 bits per heavy atom. The molecule has 1 N–H and O–H groups in total. The summed E-state index contributed by atoms with van der Waals surface area (Å²) in [4.78, 5) is 13.9. The van der Waals surface area contributed by atoms with Crippen molar-refractivity contribution in [3.8, 4) is 5.75 Å². The van der Waals surface area contributed by atoms with Gasteiger partial charge in [0.1, 0.15) is 5.75 Å². The second kappa shape index (κ2) is 6.45. The van der Waals surface area contributed by atoms with E-state index in [1.54, 1.807) is 30.1 Å². The SMILES string of the molecule is CN(Cc1ccccc1Cl)C(=O)c1ccc(I)c(O)c1. The van der Waals surface area contributed by atoms with Crippen LogP contribution >= 0.6 is 34.2 Å². The van der Waals surface area contributed by atoms with Gasteiger partial charge in [0.05, 0.1) is 3.57 Å². The summed E-state index contributed by atoms with van der Waals surface area (Å²) >= 11 is 8.10. The number of hydrogen-bond acceptors (Lipinski definition) is 2. The van der Waals surface area contributed by atoms with Crippen LogP contribution in [0.4, 0.5) is 0 Å². The van der Waals surface area contributed by atoms with Gasteiger partial charge in [-0.2, -0.15) is 0 Å². The molecule has 0 saturated carbocycles. The van der Waals surface area contributed by atoms with Crippen molar-refractivity contribution in [1.82, 2.24) is 4.90 Å². The summed E-state index contributed by atoms with van der Waals surface area (Å²) in [5.74, 6) is -0.0424. The zero-order valence-corrected chi connectivity index (χ0v) is 13.7. The molecule has 20 heavy (non-hydrogen) atoms. The zero-order chi connectivity index (χ0) is 14.7. The molecule has 0 heterocycles. The van der Waals surface area contributed by atoms with E-state index in [9.17, 15) is 9.90 Å². The average molecular weight is 402 g/mol. The van der Waals surface area contributed by atoms with Crippen LogP contribution in [0.1, 0.15) is 15.9 Å². The quantitative estimate of drug-likeness (QED) is 0.792. The molecule has 2 aromatic carbocycles. The van der Waals surface area contributed by atoms with Gasteiger partial charge in [-0.15, -0.1) is 0 Å². The smallest absolute Gasteiger partial charge is 0.254 e. The molecular weight excluding hydrogens is 389 g/mol. The maximum atomic E-state index is 12.3. The van der Waals surface area contributed by atoms with Gasteiger partial charge in [0, 0.05) is 24.2 Å². The zero-order valence-electron chi connectivity index (χ0n) is 10.8.